The number of nitrogens with one attached hydrogen (secondary N) is 1. The molecule has 0 atom stereocenters. The fourth-order valence-corrected chi connectivity index (χ4v) is 1.59. The predicted octanol–water partition coefficient (Wildman–Crippen LogP) is 2.30. The van der Waals surface area contributed by atoms with E-state index in [4.69, 9.17) is 4.74 Å². The van der Waals surface area contributed by atoms with Crippen molar-refractivity contribution in [3.8, 4) is 5.88 Å². The van der Waals surface area contributed by atoms with Crippen LogP contribution in [0.4, 0.5) is 8.78 Å². The highest BCUT2D eigenvalue weighted by Crippen LogP contribution is 2.10. The minimum atomic E-state index is -0.893. The van der Waals surface area contributed by atoms with Gasteiger partial charge in [0.2, 0.25) is 5.88 Å². The van der Waals surface area contributed by atoms with E-state index < -0.39 is 17.5 Å². The molecule has 2 aromatic rings. The standard InChI is InChI=1S/C14H12F2N2O2/c1-20-13-5-2-9(7-17-13)8-18-14(19)11-4-3-10(15)6-12(11)16/h2-7H,8H2,1H3,(H,18,19). The molecule has 104 valence electrons. The number of hydrogen-bond donors (Lipinski definition) is 1. The molecular weight excluding hydrogens is 266 g/mol. The van der Waals surface area contributed by atoms with Crippen LogP contribution in [0.5, 0.6) is 5.88 Å². The molecule has 0 saturated carbocycles. The van der Waals surface area contributed by atoms with Crippen molar-refractivity contribution in [1.29, 1.82) is 0 Å². The maximum Gasteiger partial charge on any atom is 0.254 e. The number of hydrogen-bond acceptors (Lipinski definition) is 3. The van der Waals surface area contributed by atoms with Gasteiger partial charge in [-0.05, 0) is 17.7 Å². The zero-order valence-electron chi connectivity index (χ0n) is 10.7. The average molecular weight is 278 g/mol. The second-order valence-electron chi connectivity index (χ2n) is 4.02. The molecule has 1 aromatic carbocycles. The Hall–Kier alpha value is -2.50. The molecule has 0 unspecified atom stereocenters. The summed E-state index contributed by atoms with van der Waals surface area (Å²) in [4.78, 5) is 15.7. The minimum Gasteiger partial charge on any atom is -0.481 e. The summed E-state index contributed by atoms with van der Waals surface area (Å²) in [5.74, 6) is -1.77. The van der Waals surface area contributed by atoms with Crippen molar-refractivity contribution in [2.75, 3.05) is 7.11 Å². The average Bonchev–Trinajstić information content (AvgIpc) is 2.45. The summed E-state index contributed by atoms with van der Waals surface area (Å²) in [6, 6.07) is 6.19. The molecule has 0 aliphatic carbocycles. The lowest BCUT2D eigenvalue weighted by Gasteiger charge is -2.06. The third-order valence-corrected chi connectivity index (χ3v) is 2.64. The molecule has 4 nitrogen and oxygen atoms in total. The summed E-state index contributed by atoms with van der Waals surface area (Å²) >= 11 is 0. The monoisotopic (exact) mass is 278 g/mol. The van der Waals surface area contributed by atoms with Crippen molar-refractivity contribution in [2.24, 2.45) is 0 Å². The van der Waals surface area contributed by atoms with Crippen molar-refractivity contribution in [3.05, 3.63) is 59.3 Å². The van der Waals surface area contributed by atoms with Gasteiger partial charge in [0.05, 0.1) is 12.7 Å². The van der Waals surface area contributed by atoms with Gasteiger partial charge in [-0.1, -0.05) is 6.07 Å². The largest absolute Gasteiger partial charge is 0.481 e. The summed E-state index contributed by atoms with van der Waals surface area (Å²) in [6.07, 6.45) is 1.54. The van der Waals surface area contributed by atoms with E-state index in [0.717, 1.165) is 17.7 Å². The maximum absolute atomic E-state index is 13.4. The number of halogens is 2. The third-order valence-electron chi connectivity index (χ3n) is 2.64. The van der Waals surface area contributed by atoms with Gasteiger partial charge in [-0.15, -0.1) is 0 Å². The quantitative estimate of drug-likeness (QED) is 0.933. The van der Waals surface area contributed by atoms with Gasteiger partial charge in [-0.25, -0.2) is 13.8 Å². The number of aromatic nitrogens is 1. The molecule has 0 aliphatic rings. The maximum atomic E-state index is 13.4. The molecule has 0 aliphatic heterocycles. The van der Waals surface area contributed by atoms with Crippen molar-refractivity contribution in [3.63, 3.8) is 0 Å². The van der Waals surface area contributed by atoms with Crippen LogP contribution >= 0.6 is 0 Å². The number of rotatable bonds is 4. The van der Waals surface area contributed by atoms with Crippen LogP contribution in [0, 0.1) is 11.6 Å². The Morgan fingerprint density at radius 3 is 2.70 bits per heavy atom. The van der Waals surface area contributed by atoms with E-state index in [1.54, 1.807) is 18.3 Å². The lowest BCUT2D eigenvalue weighted by molar-refractivity contribution is 0.0947. The Morgan fingerprint density at radius 1 is 1.30 bits per heavy atom. The number of nitrogens with zero attached hydrogens (tertiary/aromatic N) is 1. The first-order chi connectivity index (χ1) is 9.60. The fraction of sp³-hybridized carbons (Fsp3) is 0.143. The highest BCUT2D eigenvalue weighted by atomic mass is 19.1. The molecule has 0 radical (unpaired) electrons. The minimum absolute atomic E-state index is 0.187. The zero-order valence-corrected chi connectivity index (χ0v) is 10.7. The number of ether oxygens (including phenoxy) is 1. The zero-order chi connectivity index (χ0) is 14.5. The second-order valence-corrected chi connectivity index (χ2v) is 4.02. The lowest BCUT2D eigenvalue weighted by Crippen LogP contribution is -2.24. The van der Waals surface area contributed by atoms with E-state index in [1.165, 1.54) is 7.11 Å². The number of benzene rings is 1. The number of amides is 1. The summed E-state index contributed by atoms with van der Waals surface area (Å²) < 4.78 is 31.0. The Bertz CT molecular complexity index is 615. The van der Waals surface area contributed by atoms with Crippen molar-refractivity contribution >= 4 is 5.91 Å². The highest BCUT2D eigenvalue weighted by Gasteiger charge is 2.12. The Morgan fingerprint density at radius 2 is 2.10 bits per heavy atom. The molecule has 0 saturated heterocycles. The Kier molecular flexibility index (Phi) is 4.24. The van der Waals surface area contributed by atoms with Gasteiger partial charge in [0.1, 0.15) is 11.6 Å². The predicted molar refractivity (Wildman–Crippen MR) is 68.3 cm³/mol. The molecule has 0 bridgehead atoms. The molecule has 1 aromatic heterocycles. The van der Waals surface area contributed by atoms with Crippen molar-refractivity contribution in [1.82, 2.24) is 10.3 Å². The molecule has 20 heavy (non-hydrogen) atoms. The molecular formula is C14H12F2N2O2. The van der Waals surface area contributed by atoms with Gasteiger partial charge in [-0.3, -0.25) is 4.79 Å². The summed E-state index contributed by atoms with van der Waals surface area (Å²) in [7, 11) is 1.50. The van der Waals surface area contributed by atoms with Gasteiger partial charge in [-0.2, -0.15) is 0 Å². The second kappa shape index (κ2) is 6.10. The third kappa shape index (κ3) is 3.28. The lowest BCUT2D eigenvalue weighted by atomic mass is 10.2. The Balaban J connectivity index is 2.00. The van der Waals surface area contributed by atoms with Crippen molar-refractivity contribution < 1.29 is 18.3 Å². The van der Waals surface area contributed by atoms with Gasteiger partial charge >= 0.3 is 0 Å². The van der Waals surface area contributed by atoms with Gasteiger partial charge in [0, 0.05) is 24.9 Å². The Labute approximate surface area is 114 Å². The van der Waals surface area contributed by atoms with Crippen molar-refractivity contribution in [2.45, 2.75) is 6.54 Å². The van der Waals surface area contributed by atoms with E-state index >= 15 is 0 Å². The fourth-order valence-electron chi connectivity index (χ4n) is 1.59. The number of pyridine rings is 1. The van der Waals surface area contributed by atoms with Crippen LogP contribution in [0.15, 0.2) is 36.5 Å². The SMILES string of the molecule is COc1ccc(CNC(=O)c2ccc(F)cc2F)cn1. The number of methoxy groups -OCH3 is 1. The number of carbonyl (C=O) groups is 1. The topological polar surface area (TPSA) is 51.2 Å². The highest BCUT2D eigenvalue weighted by molar-refractivity contribution is 5.94. The van der Waals surface area contributed by atoms with Crippen LogP contribution < -0.4 is 10.1 Å². The van der Waals surface area contributed by atoms with Gasteiger partial charge in [0.25, 0.3) is 5.91 Å². The summed E-state index contributed by atoms with van der Waals surface area (Å²) in [5, 5.41) is 2.53. The van der Waals surface area contributed by atoms with Crippen LogP contribution in [0.2, 0.25) is 0 Å². The molecule has 0 fully saturated rings. The molecule has 2 rings (SSSR count). The summed E-state index contributed by atoms with van der Waals surface area (Å²) in [6.45, 7) is 0.187. The van der Waals surface area contributed by atoms with Crippen LogP contribution in [0.25, 0.3) is 0 Å². The van der Waals surface area contributed by atoms with E-state index in [1.807, 2.05) is 0 Å². The molecule has 1 heterocycles. The first-order valence-corrected chi connectivity index (χ1v) is 5.82. The van der Waals surface area contributed by atoms with Crippen LogP contribution in [-0.4, -0.2) is 18.0 Å². The molecule has 1 amide bonds. The van der Waals surface area contributed by atoms with E-state index in [9.17, 15) is 13.6 Å². The van der Waals surface area contributed by atoms with Crippen LogP contribution in [-0.2, 0) is 6.54 Å². The van der Waals surface area contributed by atoms with Gasteiger partial charge in [0.15, 0.2) is 0 Å². The normalized spacial score (nSPS) is 10.2. The summed E-state index contributed by atoms with van der Waals surface area (Å²) in [5.41, 5.74) is 0.537. The van der Waals surface area contributed by atoms with Gasteiger partial charge < -0.3 is 10.1 Å². The molecule has 6 heteroatoms. The first-order valence-electron chi connectivity index (χ1n) is 5.82. The van der Waals surface area contributed by atoms with E-state index in [2.05, 4.69) is 10.3 Å². The number of carbonyl (C=O) groups excluding carboxylic acids is 1. The molecule has 1 N–H and O–H groups in total. The van der Waals surface area contributed by atoms with E-state index in [0.29, 0.717) is 11.9 Å². The van der Waals surface area contributed by atoms with E-state index in [-0.39, 0.29) is 12.1 Å². The van der Waals surface area contributed by atoms with Crippen LogP contribution in [0.3, 0.4) is 0 Å². The first kappa shape index (κ1) is 13.9. The smallest absolute Gasteiger partial charge is 0.254 e. The molecule has 0 spiro atoms. The van der Waals surface area contributed by atoms with Crippen LogP contribution in [0.1, 0.15) is 15.9 Å².